The number of hydrogen-bond donors (Lipinski definition) is 2. The smallest absolute Gasteiger partial charge is 0.194 e. The lowest BCUT2D eigenvalue weighted by Gasteiger charge is -2.21. The second kappa shape index (κ2) is 11.4. The molecule has 136 valence electrons. The Kier molecular flexibility index (Phi) is 9.85. The first kappa shape index (κ1) is 20.8. The Labute approximate surface area is 161 Å². The van der Waals surface area contributed by atoms with Crippen molar-refractivity contribution in [3.05, 3.63) is 23.8 Å². The van der Waals surface area contributed by atoms with Crippen molar-refractivity contribution in [3.63, 3.8) is 0 Å². The average molecular weight is 449 g/mol. The molecule has 1 saturated heterocycles. The maximum atomic E-state index is 10.2. The maximum Gasteiger partial charge on any atom is 0.194 e. The summed E-state index contributed by atoms with van der Waals surface area (Å²) in [5.74, 6) is 1.55. The minimum atomic E-state index is 0. The summed E-state index contributed by atoms with van der Waals surface area (Å²) >= 11 is 0. The van der Waals surface area contributed by atoms with Crippen LogP contribution < -0.4 is 10.1 Å². The predicted molar refractivity (Wildman–Crippen MR) is 107 cm³/mol. The predicted octanol–water partition coefficient (Wildman–Crippen LogP) is 2.60. The standard InChI is InChI=1S/C17H27N3O3.HI/c1-22-12-6-9-18-17(20-10-3-4-11-20)19-13-14-7-5-8-15(23-2)16(14)21;/h5,7-8,21H,3-4,6,9-13H2,1-2H3,(H,18,19);1H. The molecule has 0 aliphatic carbocycles. The minimum absolute atomic E-state index is 0. The quantitative estimate of drug-likeness (QED) is 0.290. The third-order valence-electron chi connectivity index (χ3n) is 3.92. The van der Waals surface area contributed by atoms with Crippen LogP contribution in [-0.4, -0.2) is 56.4 Å². The number of aliphatic imine (C=N–C) groups is 1. The van der Waals surface area contributed by atoms with Crippen molar-refractivity contribution in [2.75, 3.05) is 40.5 Å². The van der Waals surface area contributed by atoms with E-state index in [1.807, 2.05) is 12.1 Å². The lowest BCUT2D eigenvalue weighted by Crippen LogP contribution is -2.40. The first-order chi connectivity index (χ1) is 11.3. The number of nitrogens with one attached hydrogen (secondary N) is 1. The van der Waals surface area contributed by atoms with E-state index in [0.717, 1.165) is 44.2 Å². The molecule has 1 aromatic carbocycles. The van der Waals surface area contributed by atoms with Gasteiger partial charge in [0.15, 0.2) is 17.5 Å². The highest BCUT2D eigenvalue weighted by Crippen LogP contribution is 2.29. The number of phenolic OH excluding ortho intramolecular Hbond substituents is 1. The number of likely N-dealkylation sites (tertiary alicyclic amines) is 1. The summed E-state index contributed by atoms with van der Waals surface area (Å²) in [4.78, 5) is 6.95. The number of benzene rings is 1. The molecule has 1 heterocycles. The molecule has 1 aliphatic rings. The largest absolute Gasteiger partial charge is 0.504 e. The molecule has 0 radical (unpaired) electrons. The highest BCUT2D eigenvalue weighted by atomic mass is 127. The fraction of sp³-hybridized carbons (Fsp3) is 0.588. The normalized spacial score (nSPS) is 14.4. The summed E-state index contributed by atoms with van der Waals surface area (Å²) in [6.07, 6.45) is 3.33. The molecule has 6 nitrogen and oxygen atoms in total. The van der Waals surface area contributed by atoms with Gasteiger partial charge in [0, 0.05) is 38.9 Å². The van der Waals surface area contributed by atoms with E-state index in [-0.39, 0.29) is 29.7 Å². The molecule has 0 spiro atoms. The molecule has 2 N–H and O–H groups in total. The Morgan fingerprint density at radius 3 is 2.71 bits per heavy atom. The van der Waals surface area contributed by atoms with Crippen LogP contribution in [0.15, 0.2) is 23.2 Å². The van der Waals surface area contributed by atoms with Crippen molar-refractivity contribution in [3.8, 4) is 11.5 Å². The Morgan fingerprint density at radius 1 is 1.29 bits per heavy atom. The minimum Gasteiger partial charge on any atom is -0.504 e. The molecule has 1 aliphatic heterocycles. The van der Waals surface area contributed by atoms with Crippen molar-refractivity contribution < 1.29 is 14.6 Å². The van der Waals surface area contributed by atoms with Gasteiger partial charge in [0.1, 0.15) is 0 Å². The van der Waals surface area contributed by atoms with Crippen molar-refractivity contribution in [1.82, 2.24) is 10.2 Å². The second-order valence-corrected chi connectivity index (χ2v) is 5.58. The van der Waals surface area contributed by atoms with Crippen LogP contribution >= 0.6 is 24.0 Å². The first-order valence-corrected chi connectivity index (χ1v) is 8.13. The lowest BCUT2D eigenvalue weighted by molar-refractivity contribution is 0.195. The molecule has 1 fully saturated rings. The van der Waals surface area contributed by atoms with Crippen molar-refractivity contribution in [2.24, 2.45) is 4.99 Å². The average Bonchev–Trinajstić information content (AvgIpc) is 3.10. The lowest BCUT2D eigenvalue weighted by atomic mass is 10.2. The molecule has 0 saturated carbocycles. The number of hydrogen-bond acceptors (Lipinski definition) is 4. The molecule has 7 heteroatoms. The molecular weight excluding hydrogens is 421 g/mol. The molecule has 24 heavy (non-hydrogen) atoms. The van der Waals surface area contributed by atoms with Crippen LogP contribution in [0.4, 0.5) is 0 Å². The van der Waals surface area contributed by atoms with E-state index in [9.17, 15) is 5.11 Å². The summed E-state index contributed by atoms with van der Waals surface area (Å²) in [5.41, 5.74) is 0.764. The highest BCUT2D eigenvalue weighted by Gasteiger charge is 2.16. The number of methoxy groups -OCH3 is 2. The van der Waals surface area contributed by atoms with Crippen molar-refractivity contribution >= 4 is 29.9 Å². The summed E-state index contributed by atoms with van der Waals surface area (Å²) < 4.78 is 10.2. The zero-order valence-electron chi connectivity index (χ0n) is 14.5. The van der Waals surface area contributed by atoms with E-state index in [2.05, 4.69) is 15.2 Å². The molecule has 0 aromatic heterocycles. The van der Waals surface area contributed by atoms with E-state index in [1.165, 1.54) is 12.8 Å². The molecule has 0 unspecified atom stereocenters. The van der Waals surface area contributed by atoms with Gasteiger partial charge in [-0.15, -0.1) is 24.0 Å². The monoisotopic (exact) mass is 449 g/mol. The number of ether oxygens (including phenoxy) is 2. The van der Waals surface area contributed by atoms with Gasteiger partial charge in [-0.2, -0.15) is 0 Å². The van der Waals surface area contributed by atoms with Crippen LogP contribution in [0.3, 0.4) is 0 Å². The Hall–Kier alpha value is -1.22. The zero-order valence-corrected chi connectivity index (χ0v) is 16.8. The first-order valence-electron chi connectivity index (χ1n) is 8.13. The summed E-state index contributed by atoms with van der Waals surface area (Å²) in [6, 6.07) is 5.48. The van der Waals surface area contributed by atoms with E-state index in [4.69, 9.17) is 9.47 Å². The van der Waals surface area contributed by atoms with E-state index in [0.29, 0.717) is 12.3 Å². The fourth-order valence-corrected chi connectivity index (χ4v) is 2.63. The molecule has 2 rings (SSSR count). The topological polar surface area (TPSA) is 66.3 Å². The van der Waals surface area contributed by atoms with Crippen LogP contribution in [0.25, 0.3) is 0 Å². The van der Waals surface area contributed by atoms with Gasteiger partial charge in [0.05, 0.1) is 13.7 Å². The van der Waals surface area contributed by atoms with E-state index in [1.54, 1.807) is 20.3 Å². The van der Waals surface area contributed by atoms with Gasteiger partial charge in [-0.25, -0.2) is 4.99 Å². The molecule has 1 aromatic rings. The number of phenols is 1. The molecule has 0 bridgehead atoms. The van der Waals surface area contributed by atoms with Crippen LogP contribution in [0.1, 0.15) is 24.8 Å². The number of halogens is 1. The van der Waals surface area contributed by atoms with Crippen molar-refractivity contribution in [2.45, 2.75) is 25.8 Å². The summed E-state index contributed by atoms with van der Waals surface area (Å²) in [7, 11) is 3.26. The SMILES string of the molecule is COCCCNC(=NCc1cccc(OC)c1O)N1CCCC1.I. The molecule has 0 amide bonds. The van der Waals surface area contributed by atoms with Gasteiger partial charge < -0.3 is 24.8 Å². The Bertz CT molecular complexity index is 520. The van der Waals surface area contributed by atoms with Gasteiger partial charge in [-0.05, 0) is 25.3 Å². The highest BCUT2D eigenvalue weighted by molar-refractivity contribution is 14.0. The van der Waals surface area contributed by atoms with Crippen LogP contribution in [-0.2, 0) is 11.3 Å². The number of para-hydroxylation sites is 1. The molecule has 0 atom stereocenters. The van der Waals surface area contributed by atoms with Gasteiger partial charge in [0.25, 0.3) is 0 Å². The fourth-order valence-electron chi connectivity index (χ4n) is 2.63. The van der Waals surface area contributed by atoms with Crippen molar-refractivity contribution in [1.29, 1.82) is 0 Å². The summed E-state index contributed by atoms with van der Waals surface area (Å²) in [5, 5.41) is 13.6. The van der Waals surface area contributed by atoms with Crippen LogP contribution in [0.5, 0.6) is 11.5 Å². The third kappa shape index (κ3) is 6.01. The Morgan fingerprint density at radius 2 is 2.04 bits per heavy atom. The second-order valence-electron chi connectivity index (χ2n) is 5.58. The zero-order chi connectivity index (χ0) is 16.5. The number of nitrogens with zero attached hydrogens (tertiary/aromatic N) is 2. The van der Waals surface area contributed by atoms with Gasteiger partial charge >= 0.3 is 0 Å². The van der Waals surface area contributed by atoms with E-state index >= 15 is 0 Å². The molecular formula is C17H28IN3O3. The number of guanidine groups is 1. The van der Waals surface area contributed by atoms with E-state index < -0.39 is 0 Å². The van der Waals surface area contributed by atoms with Gasteiger partial charge in [-0.3, -0.25) is 0 Å². The van der Waals surface area contributed by atoms with Crippen LogP contribution in [0, 0.1) is 0 Å². The van der Waals surface area contributed by atoms with Gasteiger partial charge in [-0.1, -0.05) is 12.1 Å². The third-order valence-corrected chi connectivity index (χ3v) is 3.92. The van der Waals surface area contributed by atoms with Gasteiger partial charge in [0.2, 0.25) is 0 Å². The maximum absolute atomic E-state index is 10.2. The number of aromatic hydroxyl groups is 1. The number of rotatable bonds is 7. The van der Waals surface area contributed by atoms with Crippen LogP contribution in [0.2, 0.25) is 0 Å². The Balaban J connectivity index is 0.00000288. The summed E-state index contributed by atoms with van der Waals surface area (Å²) in [6.45, 7) is 4.04.